The van der Waals surface area contributed by atoms with Gasteiger partial charge in [0.25, 0.3) is 0 Å². The number of hydrogen-bond acceptors (Lipinski definition) is 3. The lowest BCUT2D eigenvalue weighted by atomic mass is 9.88. The number of pyridine rings is 1. The van der Waals surface area contributed by atoms with Crippen LogP contribution in [-0.2, 0) is 0 Å². The summed E-state index contributed by atoms with van der Waals surface area (Å²) < 4.78 is 16.5. The monoisotopic (exact) mass is 442 g/mol. The van der Waals surface area contributed by atoms with Gasteiger partial charge in [-0.2, -0.15) is 0 Å². The molecule has 4 aromatic rings. The lowest BCUT2D eigenvalue weighted by Crippen LogP contribution is -2.27. The predicted molar refractivity (Wildman–Crippen MR) is 132 cm³/mol. The van der Waals surface area contributed by atoms with Gasteiger partial charge >= 0.3 is 0 Å². The Kier molecular flexibility index (Phi) is 5.99. The van der Waals surface area contributed by atoms with E-state index in [1.54, 1.807) is 18.1 Å². The minimum absolute atomic E-state index is 0.257. The fourth-order valence-electron chi connectivity index (χ4n) is 4.61. The van der Waals surface area contributed by atoms with Crippen LogP contribution in [0.15, 0.2) is 77.8 Å². The summed E-state index contributed by atoms with van der Waals surface area (Å²) in [6, 6.07) is 22.9. The maximum atomic E-state index is 14.1. The Morgan fingerprint density at radius 3 is 2.47 bits per heavy atom. The van der Waals surface area contributed by atoms with E-state index < -0.39 is 0 Å². The highest BCUT2D eigenvalue weighted by atomic mass is 32.2. The molecule has 0 unspecified atom stereocenters. The molecule has 0 bridgehead atoms. The summed E-state index contributed by atoms with van der Waals surface area (Å²) in [5.74, 6) is 0.332. The second-order valence-corrected chi connectivity index (χ2v) is 9.75. The topological polar surface area (TPSA) is 16.1 Å². The molecule has 0 spiro atoms. The molecule has 5 rings (SSSR count). The fraction of sp³-hybridized carbons (Fsp3) is 0.250. The van der Waals surface area contributed by atoms with Crippen LogP contribution >= 0.6 is 11.9 Å². The minimum atomic E-state index is -0.257. The number of nitrogens with zero attached hydrogens (tertiary/aromatic N) is 2. The maximum absolute atomic E-state index is 14.1. The molecule has 0 atom stereocenters. The third kappa shape index (κ3) is 4.17. The average Bonchev–Trinajstić information content (AvgIpc) is 2.83. The van der Waals surface area contributed by atoms with Crippen LogP contribution in [0.2, 0.25) is 0 Å². The van der Waals surface area contributed by atoms with Gasteiger partial charge < -0.3 is 0 Å². The zero-order valence-corrected chi connectivity index (χ0v) is 19.3. The van der Waals surface area contributed by atoms with Gasteiger partial charge in [0.1, 0.15) is 11.3 Å². The van der Waals surface area contributed by atoms with Crippen LogP contribution in [0.4, 0.5) is 4.39 Å². The van der Waals surface area contributed by atoms with Crippen LogP contribution < -0.4 is 0 Å². The predicted octanol–water partition coefficient (Wildman–Crippen LogP) is 7.54. The van der Waals surface area contributed by atoms with Crippen molar-refractivity contribution in [2.75, 3.05) is 13.1 Å². The van der Waals surface area contributed by atoms with Gasteiger partial charge in [0.05, 0.1) is 0 Å². The van der Waals surface area contributed by atoms with Gasteiger partial charge in [-0.15, -0.1) is 0 Å². The highest BCUT2D eigenvalue weighted by molar-refractivity contribution is 7.97. The Balaban J connectivity index is 1.25. The molecular weight excluding hydrogens is 415 g/mol. The highest BCUT2D eigenvalue weighted by Crippen LogP contribution is 2.37. The molecule has 32 heavy (non-hydrogen) atoms. The number of piperidine rings is 1. The Bertz CT molecular complexity index is 1240. The maximum Gasteiger partial charge on any atom is 0.149 e. The number of rotatable bonds is 4. The van der Waals surface area contributed by atoms with Crippen molar-refractivity contribution in [3.63, 3.8) is 0 Å². The van der Waals surface area contributed by atoms with Crippen molar-refractivity contribution >= 4 is 22.9 Å². The molecule has 162 valence electrons. The quantitative estimate of drug-likeness (QED) is 0.304. The summed E-state index contributed by atoms with van der Waals surface area (Å²) in [4.78, 5) is 5.29. The molecule has 0 radical (unpaired) electrons. The molecule has 0 aliphatic carbocycles. The van der Waals surface area contributed by atoms with Gasteiger partial charge in [-0.3, -0.25) is 4.98 Å². The summed E-state index contributed by atoms with van der Waals surface area (Å²) in [6.45, 7) is 6.41. The molecule has 4 heteroatoms. The molecule has 1 aliphatic rings. The molecule has 1 aromatic heterocycles. The molecule has 1 fully saturated rings. The Hall–Kier alpha value is -2.69. The molecule has 2 nitrogen and oxygen atoms in total. The van der Waals surface area contributed by atoms with Gasteiger partial charge in [-0.25, -0.2) is 8.70 Å². The highest BCUT2D eigenvalue weighted by Gasteiger charge is 2.22. The Morgan fingerprint density at radius 2 is 1.69 bits per heavy atom. The van der Waals surface area contributed by atoms with Gasteiger partial charge in [0.15, 0.2) is 0 Å². The third-order valence-electron chi connectivity index (χ3n) is 6.66. The number of hydrogen-bond donors (Lipinski definition) is 0. The van der Waals surface area contributed by atoms with Crippen LogP contribution in [0, 0.1) is 19.7 Å². The Morgan fingerprint density at radius 1 is 0.906 bits per heavy atom. The molecule has 1 saturated heterocycles. The van der Waals surface area contributed by atoms with E-state index in [9.17, 15) is 4.39 Å². The first-order chi connectivity index (χ1) is 15.6. The Labute approximate surface area is 193 Å². The summed E-state index contributed by atoms with van der Waals surface area (Å²) >= 11 is 1.73. The van der Waals surface area contributed by atoms with E-state index in [4.69, 9.17) is 0 Å². The van der Waals surface area contributed by atoms with E-state index >= 15 is 0 Å². The number of benzene rings is 3. The van der Waals surface area contributed by atoms with Crippen LogP contribution in [-0.4, -0.2) is 22.4 Å². The largest absolute Gasteiger partial charge is 0.253 e. The van der Waals surface area contributed by atoms with Crippen LogP contribution in [0.3, 0.4) is 0 Å². The summed E-state index contributed by atoms with van der Waals surface area (Å²) in [5.41, 5.74) is 7.19. The molecule has 2 heterocycles. The lowest BCUT2D eigenvalue weighted by molar-refractivity contribution is 0.346. The van der Waals surface area contributed by atoms with Gasteiger partial charge in [0.2, 0.25) is 0 Å². The molecular formula is C28H27FN2S. The normalized spacial score (nSPS) is 15.3. The third-order valence-corrected chi connectivity index (χ3v) is 7.84. The average molecular weight is 443 g/mol. The number of halogens is 1. The van der Waals surface area contributed by atoms with Crippen LogP contribution in [0.5, 0.6) is 0 Å². The first-order valence-electron chi connectivity index (χ1n) is 11.2. The summed E-state index contributed by atoms with van der Waals surface area (Å²) in [6.07, 6.45) is 3.91. The number of aryl methyl sites for hydroxylation is 1. The van der Waals surface area contributed by atoms with Gasteiger partial charge in [-0.1, -0.05) is 42.5 Å². The fourth-order valence-corrected chi connectivity index (χ4v) is 5.67. The van der Waals surface area contributed by atoms with Crippen LogP contribution in [0.1, 0.15) is 35.4 Å². The smallest absolute Gasteiger partial charge is 0.149 e. The van der Waals surface area contributed by atoms with E-state index in [-0.39, 0.29) is 5.82 Å². The molecule has 0 saturated carbocycles. The zero-order chi connectivity index (χ0) is 22.1. The van der Waals surface area contributed by atoms with Gasteiger partial charge in [-0.05, 0) is 96.6 Å². The molecule has 3 aromatic carbocycles. The van der Waals surface area contributed by atoms with Crippen molar-refractivity contribution in [1.29, 1.82) is 0 Å². The van der Waals surface area contributed by atoms with E-state index in [2.05, 4.69) is 65.6 Å². The van der Waals surface area contributed by atoms with Crippen molar-refractivity contribution < 1.29 is 4.39 Å². The number of fused-ring (bicyclic) bond motifs is 1. The number of aromatic nitrogens is 1. The van der Waals surface area contributed by atoms with Gasteiger partial charge in [0, 0.05) is 29.6 Å². The van der Waals surface area contributed by atoms with Crippen molar-refractivity contribution in [2.24, 2.45) is 0 Å². The van der Waals surface area contributed by atoms with Crippen molar-refractivity contribution in [2.45, 2.75) is 37.5 Å². The molecule has 0 N–H and O–H groups in total. The second-order valence-electron chi connectivity index (χ2n) is 8.61. The van der Waals surface area contributed by atoms with Crippen molar-refractivity contribution in [3.8, 4) is 11.1 Å². The van der Waals surface area contributed by atoms with E-state index in [0.29, 0.717) is 11.4 Å². The van der Waals surface area contributed by atoms with Crippen molar-refractivity contribution in [1.82, 2.24) is 9.29 Å². The van der Waals surface area contributed by atoms with E-state index in [0.717, 1.165) is 36.2 Å². The molecule has 1 aliphatic heterocycles. The first-order valence-corrected chi connectivity index (χ1v) is 12.0. The lowest BCUT2D eigenvalue weighted by Gasteiger charge is -2.31. The molecule has 0 amide bonds. The zero-order valence-electron chi connectivity index (χ0n) is 18.5. The van der Waals surface area contributed by atoms with E-state index in [1.807, 2.05) is 18.2 Å². The standard InChI is InChI=1S/C28H27FN2S/c1-19-5-3-6-24(20(19)2)23-10-8-21(9-11-23)22-14-17-31(18-15-22)32-27-13-12-26(29)28-25(27)7-4-16-30-28/h3-13,16,22H,14-15,17-18H2,1-2H3. The first kappa shape index (κ1) is 21.2. The summed E-state index contributed by atoms with van der Waals surface area (Å²) in [7, 11) is 0. The second kappa shape index (κ2) is 9.05. The van der Waals surface area contributed by atoms with Crippen LogP contribution in [0.25, 0.3) is 22.0 Å². The summed E-state index contributed by atoms with van der Waals surface area (Å²) in [5, 5.41) is 0.890. The van der Waals surface area contributed by atoms with E-state index in [1.165, 1.54) is 33.9 Å². The minimum Gasteiger partial charge on any atom is -0.253 e. The van der Waals surface area contributed by atoms with Crippen molar-refractivity contribution in [3.05, 3.63) is 95.4 Å². The SMILES string of the molecule is Cc1cccc(-c2ccc(C3CCN(Sc4ccc(F)c5ncccc45)CC3)cc2)c1C.